The van der Waals surface area contributed by atoms with Crippen LogP contribution in [-0.4, -0.2) is 28.8 Å². The van der Waals surface area contributed by atoms with Crippen LogP contribution in [0, 0.1) is 5.82 Å². The number of amides is 1. The van der Waals surface area contributed by atoms with E-state index in [0.29, 0.717) is 16.8 Å². The zero-order valence-electron chi connectivity index (χ0n) is 15.6. The van der Waals surface area contributed by atoms with E-state index in [0.717, 1.165) is 11.1 Å². The van der Waals surface area contributed by atoms with Crippen LogP contribution in [0.1, 0.15) is 16.8 Å². The fourth-order valence-corrected chi connectivity index (χ4v) is 3.43. The van der Waals surface area contributed by atoms with E-state index in [1.165, 1.54) is 23.2 Å². The van der Waals surface area contributed by atoms with Crippen molar-refractivity contribution < 1.29 is 13.6 Å². The number of carbonyl (C=O) groups excluding carboxylic acids is 1. The number of nitrogens with two attached hydrogens (primary N) is 1. The van der Waals surface area contributed by atoms with Crippen LogP contribution in [0.25, 0.3) is 11.1 Å². The Morgan fingerprint density at radius 3 is 2.41 bits per heavy atom. The smallest absolute Gasteiger partial charge is 0.267 e. The maximum atomic E-state index is 13.3. The van der Waals surface area contributed by atoms with Crippen molar-refractivity contribution >= 4 is 11.9 Å². The van der Waals surface area contributed by atoms with Gasteiger partial charge < -0.3 is 5.73 Å². The van der Waals surface area contributed by atoms with Crippen LogP contribution in [0.3, 0.4) is 0 Å². The lowest BCUT2D eigenvalue weighted by molar-refractivity contribution is -0.129. The number of carbonyl (C=O) groups is 1. The molecule has 146 valence electrons. The molecule has 2 aromatic carbocycles. The van der Waals surface area contributed by atoms with Crippen LogP contribution in [0.5, 0.6) is 0 Å². The van der Waals surface area contributed by atoms with Gasteiger partial charge in [-0.15, -0.1) is 0 Å². The molecule has 2 heterocycles. The maximum Gasteiger partial charge on any atom is 0.267 e. The van der Waals surface area contributed by atoms with Gasteiger partial charge in [0.15, 0.2) is 5.96 Å². The number of likely N-dealkylation sites (N-methyl/N-ethyl adjacent to an activating group) is 1. The molecule has 0 fully saturated rings. The van der Waals surface area contributed by atoms with E-state index in [4.69, 9.17) is 5.73 Å². The molecule has 1 amide bonds. The van der Waals surface area contributed by atoms with E-state index < -0.39 is 12.2 Å². The molecule has 0 bridgehead atoms. The lowest BCUT2D eigenvalue weighted by Gasteiger charge is -2.25. The van der Waals surface area contributed by atoms with Gasteiger partial charge in [-0.1, -0.05) is 36.4 Å². The normalized spacial score (nSPS) is 18.8. The van der Waals surface area contributed by atoms with Gasteiger partial charge in [-0.2, -0.15) is 0 Å². The van der Waals surface area contributed by atoms with Gasteiger partial charge in [-0.05, 0) is 41.0 Å². The van der Waals surface area contributed by atoms with Crippen LogP contribution in [-0.2, 0) is 17.0 Å². The Morgan fingerprint density at radius 1 is 1.07 bits per heavy atom. The van der Waals surface area contributed by atoms with Gasteiger partial charge in [0, 0.05) is 18.8 Å². The minimum atomic E-state index is -1.47. The molecule has 1 unspecified atom stereocenters. The van der Waals surface area contributed by atoms with Gasteiger partial charge in [-0.25, -0.2) is 13.8 Å². The molecule has 0 saturated carbocycles. The average Bonchev–Trinajstić information content (AvgIpc) is 2.99. The number of halogens is 2. The summed E-state index contributed by atoms with van der Waals surface area (Å²) in [5.41, 5.74) is 7.40. The molecule has 5 nitrogen and oxygen atoms in total. The van der Waals surface area contributed by atoms with E-state index in [9.17, 15) is 13.6 Å². The summed E-state index contributed by atoms with van der Waals surface area (Å²) < 4.78 is 26.2. The zero-order valence-corrected chi connectivity index (χ0v) is 15.6. The number of aromatic nitrogens is 1. The molecule has 29 heavy (non-hydrogen) atoms. The molecule has 0 radical (unpaired) electrons. The number of guanidine groups is 1. The van der Waals surface area contributed by atoms with Crippen LogP contribution < -0.4 is 5.73 Å². The number of benzene rings is 2. The fourth-order valence-electron chi connectivity index (χ4n) is 3.43. The molecule has 1 atom stereocenters. The molecule has 1 aliphatic heterocycles. The van der Waals surface area contributed by atoms with Crippen molar-refractivity contribution in [2.75, 3.05) is 7.05 Å². The molecular weight excluding hydrogens is 374 g/mol. The summed E-state index contributed by atoms with van der Waals surface area (Å²) in [5, 5.41) is 0. The van der Waals surface area contributed by atoms with Crippen LogP contribution in [0.15, 0.2) is 71.9 Å². The molecule has 1 aliphatic rings. The average molecular weight is 392 g/mol. The van der Waals surface area contributed by atoms with Crippen molar-refractivity contribution in [2.45, 2.75) is 12.2 Å². The molecule has 0 saturated heterocycles. The number of nitrogens with zero attached hydrogens (tertiary/aromatic N) is 3. The van der Waals surface area contributed by atoms with Gasteiger partial charge in [0.25, 0.3) is 5.91 Å². The maximum absolute atomic E-state index is 13.3. The van der Waals surface area contributed by atoms with E-state index in [1.54, 1.807) is 43.4 Å². The standard InChI is InChI=1S/C22H18F2N4O/c1-28-20(29)22(27-21(28)25,19-10-5-14(12-23)13-26-19)17-4-2-3-16(11-17)15-6-8-18(24)9-7-15/h2-11,13H,12H2,1H3,(H2,25,27). The van der Waals surface area contributed by atoms with E-state index in [1.807, 2.05) is 12.1 Å². The lowest BCUT2D eigenvalue weighted by Crippen LogP contribution is -2.41. The van der Waals surface area contributed by atoms with Crippen LogP contribution >= 0.6 is 0 Å². The molecule has 0 aliphatic carbocycles. The van der Waals surface area contributed by atoms with Crippen molar-refractivity contribution in [1.29, 1.82) is 0 Å². The zero-order chi connectivity index (χ0) is 20.6. The van der Waals surface area contributed by atoms with E-state index in [2.05, 4.69) is 9.98 Å². The Labute approximate surface area is 166 Å². The van der Waals surface area contributed by atoms with Gasteiger partial charge in [-0.3, -0.25) is 14.7 Å². The Bertz CT molecular complexity index is 1100. The third-order valence-electron chi connectivity index (χ3n) is 5.05. The first-order chi connectivity index (χ1) is 14.0. The number of hydrogen-bond donors (Lipinski definition) is 1. The van der Waals surface area contributed by atoms with Crippen LogP contribution in [0.2, 0.25) is 0 Å². The van der Waals surface area contributed by atoms with Crippen molar-refractivity contribution in [3.63, 3.8) is 0 Å². The predicted octanol–water partition coefficient (Wildman–Crippen LogP) is 3.39. The highest BCUT2D eigenvalue weighted by Crippen LogP contribution is 2.39. The summed E-state index contributed by atoms with van der Waals surface area (Å²) in [6.45, 7) is -0.653. The lowest BCUT2D eigenvalue weighted by atomic mass is 9.84. The van der Waals surface area contributed by atoms with Crippen molar-refractivity contribution in [2.24, 2.45) is 10.7 Å². The minimum absolute atomic E-state index is 0.0681. The fraction of sp³-hybridized carbons (Fsp3) is 0.136. The largest absolute Gasteiger partial charge is 0.369 e. The second kappa shape index (κ2) is 7.09. The third kappa shape index (κ3) is 3.04. The van der Waals surface area contributed by atoms with E-state index >= 15 is 0 Å². The molecule has 0 spiro atoms. The number of alkyl halides is 1. The summed E-state index contributed by atoms with van der Waals surface area (Å²) in [7, 11) is 1.54. The second-order valence-corrected chi connectivity index (χ2v) is 6.82. The summed E-state index contributed by atoms with van der Waals surface area (Å²) in [4.78, 5) is 23.3. The van der Waals surface area contributed by atoms with Gasteiger partial charge in [0.2, 0.25) is 5.54 Å². The Morgan fingerprint density at radius 2 is 1.83 bits per heavy atom. The van der Waals surface area contributed by atoms with Crippen molar-refractivity contribution in [3.8, 4) is 11.1 Å². The molecule has 1 aromatic heterocycles. The van der Waals surface area contributed by atoms with Crippen molar-refractivity contribution in [3.05, 3.63) is 89.5 Å². The first-order valence-electron chi connectivity index (χ1n) is 8.97. The quantitative estimate of drug-likeness (QED) is 0.740. The molecular formula is C22H18F2N4O. The Kier molecular flexibility index (Phi) is 4.58. The summed E-state index contributed by atoms with van der Waals surface area (Å²) >= 11 is 0. The number of hydrogen-bond acceptors (Lipinski definition) is 4. The molecule has 4 rings (SSSR count). The number of aliphatic imine (C=N–C) groups is 1. The summed E-state index contributed by atoms with van der Waals surface area (Å²) in [6.07, 6.45) is 1.39. The second-order valence-electron chi connectivity index (χ2n) is 6.82. The Balaban J connectivity index is 1.90. The van der Waals surface area contributed by atoms with Crippen LogP contribution in [0.4, 0.5) is 8.78 Å². The molecule has 7 heteroatoms. The SMILES string of the molecule is CN1C(=O)C(c2cccc(-c3ccc(F)cc3)c2)(c2ccc(CF)cn2)N=C1N. The minimum Gasteiger partial charge on any atom is -0.369 e. The highest BCUT2D eigenvalue weighted by molar-refractivity contribution is 6.08. The molecule has 3 aromatic rings. The third-order valence-corrected chi connectivity index (χ3v) is 5.05. The number of pyridine rings is 1. The van der Waals surface area contributed by atoms with Crippen molar-refractivity contribution in [1.82, 2.24) is 9.88 Å². The molecule has 2 N–H and O–H groups in total. The van der Waals surface area contributed by atoms with Gasteiger partial charge in [0.05, 0.1) is 5.69 Å². The van der Waals surface area contributed by atoms with Gasteiger partial charge >= 0.3 is 0 Å². The number of rotatable bonds is 4. The highest BCUT2D eigenvalue weighted by atomic mass is 19.1. The first kappa shape index (κ1) is 18.7. The summed E-state index contributed by atoms with van der Waals surface area (Å²) in [5.74, 6) is -0.617. The van der Waals surface area contributed by atoms with E-state index in [-0.39, 0.29) is 17.7 Å². The highest BCUT2D eigenvalue weighted by Gasteiger charge is 2.50. The Hall–Kier alpha value is -3.61. The summed E-state index contributed by atoms with van der Waals surface area (Å²) in [6, 6.07) is 16.5. The topological polar surface area (TPSA) is 71.6 Å². The monoisotopic (exact) mass is 392 g/mol. The first-order valence-corrected chi connectivity index (χ1v) is 8.97. The van der Waals surface area contributed by atoms with Gasteiger partial charge in [0.1, 0.15) is 12.5 Å². The predicted molar refractivity (Wildman–Crippen MR) is 106 cm³/mol.